The molecular weight excluding hydrogens is 408 g/mol. The monoisotopic (exact) mass is 428 g/mol. The Balaban J connectivity index is 1.49. The van der Waals surface area contributed by atoms with Gasteiger partial charge in [0.1, 0.15) is 0 Å². The first-order valence-electron chi connectivity index (χ1n) is 9.55. The fourth-order valence-corrected chi connectivity index (χ4v) is 3.77. The first-order chi connectivity index (χ1) is 14.5. The Morgan fingerprint density at radius 2 is 1.87 bits per heavy atom. The zero-order valence-electron chi connectivity index (χ0n) is 16.4. The van der Waals surface area contributed by atoms with Crippen LogP contribution in [0.3, 0.4) is 0 Å². The number of benzene rings is 2. The molecule has 1 amide bonds. The number of aliphatic hydroxyl groups excluding tert-OH is 1. The molecule has 0 radical (unpaired) electrons. The number of halogens is 1. The topological polar surface area (TPSA) is 83.2 Å². The molecule has 156 valence electrons. The molecule has 1 aliphatic rings. The zero-order valence-corrected chi connectivity index (χ0v) is 17.1. The maximum Gasteiger partial charge on any atom is 0.253 e. The molecule has 1 unspecified atom stereocenters. The van der Waals surface area contributed by atoms with Gasteiger partial charge in [0, 0.05) is 50.5 Å². The van der Waals surface area contributed by atoms with Crippen molar-refractivity contribution in [1.82, 2.24) is 4.90 Å². The Kier molecular flexibility index (Phi) is 5.76. The van der Waals surface area contributed by atoms with E-state index in [0.29, 0.717) is 59.2 Å². The minimum Gasteiger partial charge on any atom is -0.439 e. The van der Waals surface area contributed by atoms with Gasteiger partial charge in [-0.15, -0.1) is 0 Å². The number of amides is 1. The standard InChI is InChI=1S/C22H21ClN2O5/c1-29-22(28)15-5-2-4-14(12-15)21(27)25-10-8-24(9-11-25)19-13-18(26)16-6-3-7-17(23)20(16)30-19/h2-7,12-13,22,28H,8-11H2,1H3. The fourth-order valence-electron chi connectivity index (χ4n) is 3.56. The first kappa shape index (κ1) is 20.4. The van der Waals surface area contributed by atoms with E-state index >= 15 is 0 Å². The van der Waals surface area contributed by atoms with E-state index in [1.807, 2.05) is 4.90 Å². The lowest BCUT2D eigenvalue weighted by Gasteiger charge is -2.35. The van der Waals surface area contributed by atoms with Crippen molar-refractivity contribution in [3.63, 3.8) is 0 Å². The van der Waals surface area contributed by atoms with E-state index in [0.717, 1.165) is 0 Å². The Morgan fingerprint density at radius 1 is 1.13 bits per heavy atom. The third-order valence-electron chi connectivity index (χ3n) is 5.21. The van der Waals surface area contributed by atoms with Gasteiger partial charge in [0.15, 0.2) is 23.2 Å². The molecule has 0 saturated carbocycles. The summed E-state index contributed by atoms with van der Waals surface area (Å²) in [5, 5.41) is 10.7. The van der Waals surface area contributed by atoms with Crippen LogP contribution in [0.1, 0.15) is 22.2 Å². The second kappa shape index (κ2) is 8.47. The van der Waals surface area contributed by atoms with Crippen LogP contribution in [-0.4, -0.2) is 49.2 Å². The molecule has 1 aliphatic heterocycles. The lowest BCUT2D eigenvalue weighted by atomic mass is 10.1. The Hall–Kier alpha value is -2.87. The normalized spacial score (nSPS) is 15.4. The molecule has 7 nitrogen and oxygen atoms in total. The number of carbonyl (C=O) groups excluding carboxylic acids is 1. The summed E-state index contributed by atoms with van der Waals surface area (Å²) in [6.07, 6.45) is -1.07. The highest BCUT2D eigenvalue weighted by atomic mass is 35.5. The van der Waals surface area contributed by atoms with Gasteiger partial charge in [-0.3, -0.25) is 9.59 Å². The van der Waals surface area contributed by atoms with E-state index in [4.69, 9.17) is 20.8 Å². The molecular formula is C22H21ClN2O5. The maximum atomic E-state index is 12.9. The molecule has 1 saturated heterocycles. The minimum absolute atomic E-state index is 0.122. The number of carbonyl (C=O) groups is 1. The van der Waals surface area contributed by atoms with Gasteiger partial charge in [-0.25, -0.2) is 0 Å². The molecule has 3 aromatic rings. The number of hydrogen-bond acceptors (Lipinski definition) is 6. The third-order valence-corrected chi connectivity index (χ3v) is 5.51. The first-order valence-corrected chi connectivity index (χ1v) is 9.93. The molecule has 1 N–H and O–H groups in total. The highest BCUT2D eigenvalue weighted by Gasteiger charge is 2.24. The molecule has 8 heteroatoms. The number of fused-ring (bicyclic) bond motifs is 1. The van der Waals surface area contributed by atoms with E-state index in [9.17, 15) is 14.7 Å². The summed E-state index contributed by atoms with van der Waals surface area (Å²) < 4.78 is 10.8. The van der Waals surface area contributed by atoms with E-state index in [1.54, 1.807) is 47.4 Å². The average molecular weight is 429 g/mol. The van der Waals surface area contributed by atoms with Crippen LogP contribution in [0.25, 0.3) is 11.0 Å². The van der Waals surface area contributed by atoms with Gasteiger partial charge in [0.2, 0.25) is 0 Å². The number of para-hydroxylation sites is 1. The second-order valence-electron chi connectivity index (χ2n) is 7.06. The van der Waals surface area contributed by atoms with Crippen molar-refractivity contribution < 1.29 is 19.1 Å². The molecule has 2 aromatic carbocycles. The number of rotatable bonds is 4. The van der Waals surface area contributed by atoms with Gasteiger partial charge in [-0.1, -0.05) is 29.8 Å². The smallest absolute Gasteiger partial charge is 0.253 e. The van der Waals surface area contributed by atoms with Crippen LogP contribution < -0.4 is 10.3 Å². The largest absolute Gasteiger partial charge is 0.439 e. The summed E-state index contributed by atoms with van der Waals surface area (Å²) in [7, 11) is 1.40. The van der Waals surface area contributed by atoms with Crippen molar-refractivity contribution in [2.45, 2.75) is 6.29 Å². The van der Waals surface area contributed by atoms with Gasteiger partial charge in [-0.2, -0.15) is 0 Å². The van der Waals surface area contributed by atoms with Crippen LogP contribution in [0.4, 0.5) is 5.88 Å². The lowest BCUT2D eigenvalue weighted by molar-refractivity contribution is -0.0769. The molecule has 0 bridgehead atoms. The van der Waals surface area contributed by atoms with Gasteiger partial charge in [-0.05, 0) is 24.3 Å². The van der Waals surface area contributed by atoms with E-state index in [2.05, 4.69) is 0 Å². The highest BCUT2D eigenvalue weighted by molar-refractivity contribution is 6.34. The summed E-state index contributed by atoms with van der Waals surface area (Å²) in [4.78, 5) is 29.0. The number of methoxy groups -OCH3 is 1. The molecule has 30 heavy (non-hydrogen) atoms. The zero-order chi connectivity index (χ0) is 21.3. The Morgan fingerprint density at radius 3 is 2.60 bits per heavy atom. The van der Waals surface area contributed by atoms with E-state index in [-0.39, 0.29) is 11.3 Å². The molecule has 0 aliphatic carbocycles. The number of anilines is 1. The van der Waals surface area contributed by atoms with Gasteiger partial charge in [0.25, 0.3) is 5.91 Å². The van der Waals surface area contributed by atoms with Crippen LogP contribution >= 0.6 is 11.6 Å². The van der Waals surface area contributed by atoms with Gasteiger partial charge in [0.05, 0.1) is 10.4 Å². The Bertz CT molecular complexity index is 1140. The van der Waals surface area contributed by atoms with Crippen molar-refractivity contribution >= 4 is 34.4 Å². The SMILES string of the molecule is COC(O)c1cccc(C(=O)N2CCN(c3cc(=O)c4cccc(Cl)c4o3)CC2)c1. The lowest BCUT2D eigenvalue weighted by Crippen LogP contribution is -2.49. The van der Waals surface area contributed by atoms with Crippen molar-refractivity contribution in [2.24, 2.45) is 0 Å². The average Bonchev–Trinajstić information content (AvgIpc) is 2.79. The molecule has 1 aromatic heterocycles. The van der Waals surface area contributed by atoms with Crippen LogP contribution in [0.5, 0.6) is 0 Å². The number of ether oxygens (including phenoxy) is 1. The molecule has 2 heterocycles. The van der Waals surface area contributed by atoms with Crippen molar-refractivity contribution in [3.8, 4) is 0 Å². The van der Waals surface area contributed by atoms with E-state index in [1.165, 1.54) is 13.2 Å². The fraction of sp³-hybridized carbons (Fsp3) is 0.273. The predicted molar refractivity (Wildman–Crippen MR) is 114 cm³/mol. The van der Waals surface area contributed by atoms with Crippen molar-refractivity contribution in [3.05, 3.63) is 74.9 Å². The molecule has 0 spiro atoms. The molecule has 4 rings (SSSR count). The van der Waals surface area contributed by atoms with Gasteiger partial charge >= 0.3 is 0 Å². The highest BCUT2D eigenvalue weighted by Crippen LogP contribution is 2.26. The van der Waals surface area contributed by atoms with Crippen LogP contribution in [0.2, 0.25) is 5.02 Å². The van der Waals surface area contributed by atoms with Crippen LogP contribution in [-0.2, 0) is 4.74 Å². The summed E-state index contributed by atoms with van der Waals surface area (Å²) in [6.45, 7) is 1.98. The molecule has 1 fully saturated rings. The minimum atomic E-state index is -1.07. The number of hydrogen-bond donors (Lipinski definition) is 1. The number of aliphatic hydroxyl groups is 1. The van der Waals surface area contributed by atoms with Crippen molar-refractivity contribution in [2.75, 3.05) is 38.2 Å². The molecule has 1 atom stereocenters. The number of piperazine rings is 1. The summed E-state index contributed by atoms with van der Waals surface area (Å²) in [5.41, 5.74) is 1.23. The summed E-state index contributed by atoms with van der Waals surface area (Å²) in [6, 6.07) is 13.3. The maximum absolute atomic E-state index is 12.9. The summed E-state index contributed by atoms with van der Waals surface area (Å²) in [5.74, 6) is 0.320. The summed E-state index contributed by atoms with van der Waals surface area (Å²) >= 11 is 6.19. The predicted octanol–water partition coefficient (Wildman–Crippen LogP) is 3.05. The third kappa shape index (κ3) is 3.92. The Labute approximate surface area is 178 Å². The van der Waals surface area contributed by atoms with Crippen LogP contribution in [0, 0.1) is 0 Å². The van der Waals surface area contributed by atoms with E-state index < -0.39 is 6.29 Å². The van der Waals surface area contributed by atoms with Gasteiger partial charge < -0.3 is 24.1 Å². The van der Waals surface area contributed by atoms with Crippen molar-refractivity contribution in [1.29, 1.82) is 0 Å². The number of nitrogens with zero attached hydrogens (tertiary/aromatic N) is 2. The second-order valence-corrected chi connectivity index (χ2v) is 7.47. The quantitative estimate of drug-likeness (QED) is 0.643. The van der Waals surface area contributed by atoms with Crippen LogP contribution in [0.15, 0.2) is 57.7 Å².